The molecule has 2 aromatic heterocycles. The summed E-state index contributed by atoms with van der Waals surface area (Å²) in [6.07, 6.45) is 2.07. The molecule has 0 N–H and O–H groups in total. The number of benzene rings is 1. The Morgan fingerprint density at radius 3 is 2.74 bits per heavy atom. The lowest BCUT2D eigenvalue weighted by Gasteiger charge is -2.09. The van der Waals surface area contributed by atoms with Crippen LogP contribution in [0.25, 0.3) is 11.1 Å². The third kappa shape index (κ3) is 3.28. The standard InChI is InChI=1S/C20H18N2O5/c1-11-18-14(9-15(12-7-8-12)21-19(18)27-22-11)20(24)26-10-16(23)13-5-3-4-6-17(13)25-2/h3-6,9,12H,7-8,10H2,1-2H3. The molecule has 7 nitrogen and oxygen atoms in total. The van der Waals surface area contributed by atoms with Crippen molar-refractivity contribution < 1.29 is 23.6 Å². The molecule has 7 heteroatoms. The molecule has 1 fully saturated rings. The molecule has 4 rings (SSSR count). The summed E-state index contributed by atoms with van der Waals surface area (Å²) in [5.41, 5.74) is 2.37. The van der Waals surface area contributed by atoms with Crippen molar-refractivity contribution in [3.05, 3.63) is 52.8 Å². The highest BCUT2D eigenvalue weighted by Crippen LogP contribution is 2.40. The highest BCUT2D eigenvalue weighted by Gasteiger charge is 2.29. The molecule has 0 unspecified atom stereocenters. The van der Waals surface area contributed by atoms with Crippen LogP contribution in [-0.4, -0.2) is 35.6 Å². The molecule has 2 heterocycles. The van der Waals surface area contributed by atoms with Gasteiger partial charge in [-0.2, -0.15) is 0 Å². The molecule has 0 atom stereocenters. The van der Waals surface area contributed by atoms with Crippen LogP contribution >= 0.6 is 0 Å². The molecular formula is C20H18N2O5. The average molecular weight is 366 g/mol. The third-order valence-corrected chi connectivity index (χ3v) is 4.59. The maximum absolute atomic E-state index is 12.7. The molecule has 1 aliphatic rings. The van der Waals surface area contributed by atoms with Crippen LogP contribution in [0.2, 0.25) is 0 Å². The second kappa shape index (κ2) is 6.83. The van der Waals surface area contributed by atoms with E-state index in [0.29, 0.717) is 39.6 Å². The number of aryl methyl sites for hydroxylation is 1. The number of ether oxygens (including phenoxy) is 2. The molecule has 1 aromatic carbocycles. The lowest BCUT2D eigenvalue weighted by molar-refractivity contribution is 0.0475. The first-order valence-electron chi connectivity index (χ1n) is 8.68. The van der Waals surface area contributed by atoms with Crippen molar-refractivity contribution >= 4 is 22.9 Å². The topological polar surface area (TPSA) is 91.5 Å². The zero-order chi connectivity index (χ0) is 19.0. The SMILES string of the molecule is COc1ccccc1C(=O)COC(=O)c1cc(C2CC2)nc2onc(C)c12. The Balaban J connectivity index is 1.58. The fraction of sp³-hybridized carbons (Fsp3) is 0.300. The average Bonchev–Trinajstić information content (AvgIpc) is 3.48. The fourth-order valence-electron chi connectivity index (χ4n) is 3.02. The first-order valence-corrected chi connectivity index (χ1v) is 8.68. The van der Waals surface area contributed by atoms with E-state index in [0.717, 1.165) is 18.5 Å². The second-order valence-corrected chi connectivity index (χ2v) is 6.52. The van der Waals surface area contributed by atoms with Gasteiger partial charge in [-0.3, -0.25) is 4.79 Å². The number of carbonyl (C=O) groups is 2. The number of hydrogen-bond donors (Lipinski definition) is 0. The second-order valence-electron chi connectivity index (χ2n) is 6.52. The Morgan fingerprint density at radius 1 is 1.22 bits per heavy atom. The van der Waals surface area contributed by atoms with E-state index in [4.69, 9.17) is 14.0 Å². The summed E-state index contributed by atoms with van der Waals surface area (Å²) in [5, 5.41) is 4.42. The van der Waals surface area contributed by atoms with E-state index in [9.17, 15) is 9.59 Å². The van der Waals surface area contributed by atoms with Gasteiger partial charge in [0, 0.05) is 11.6 Å². The van der Waals surface area contributed by atoms with Crippen molar-refractivity contribution in [3.8, 4) is 5.75 Å². The monoisotopic (exact) mass is 366 g/mol. The van der Waals surface area contributed by atoms with Gasteiger partial charge >= 0.3 is 5.97 Å². The van der Waals surface area contributed by atoms with Crippen molar-refractivity contribution in [1.82, 2.24) is 10.1 Å². The zero-order valence-electron chi connectivity index (χ0n) is 15.0. The predicted molar refractivity (Wildman–Crippen MR) is 96.1 cm³/mol. The molecule has 0 saturated heterocycles. The normalized spacial score (nSPS) is 13.6. The van der Waals surface area contributed by atoms with Gasteiger partial charge < -0.3 is 14.0 Å². The van der Waals surface area contributed by atoms with Crippen LogP contribution in [0.15, 0.2) is 34.9 Å². The number of Topliss-reactive ketones (excluding diaryl/α,β-unsaturated/α-hetero) is 1. The van der Waals surface area contributed by atoms with Gasteiger partial charge in [0.1, 0.15) is 5.75 Å². The van der Waals surface area contributed by atoms with Crippen molar-refractivity contribution in [2.24, 2.45) is 0 Å². The van der Waals surface area contributed by atoms with Gasteiger partial charge in [0.2, 0.25) is 5.78 Å². The lowest BCUT2D eigenvalue weighted by Crippen LogP contribution is -2.15. The molecule has 1 saturated carbocycles. The van der Waals surface area contributed by atoms with Crippen LogP contribution in [0.1, 0.15) is 50.9 Å². The molecule has 0 bridgehead atoms. The van der Waals surface area contributed by atoms with Crippen LogP contribution in [0.5, 0.6) is 5.75 Å². The lowest BCUT2D eigenvalue weighted by atomic mass is 10.1. The van der Waals surface area contributed by atoms with Crippen LogP contribution in [0.4, 0.5) is 0 Å². The number of aromatic nitrogens is 2. The van der Waals surface area contributed by atoms with Crippen molar-refractivity contribution in [3.63, 3.8) is 0 Å². The van der Waals surface area contributed by atoms with Gasteiger partial charge in [-0.25, -0.2) is 9.78 Å². The molecule has 27 heavy (non-hydrogen) atoms. The summed E-state index contributed by atoms with van der Waals surface area (Å²) in [5.74, 6) is -0.160. The van der Waals surface area contributed by atoms with E-state index < -0.39 is 5.97 Å². The summed E-state index contributed by atoms with van der Waals surface area (Å²) in [6.45, 7) is 1.35. The van der Waals surface area contributed by atoms with Crippen molar-refractivity contribution in [2.45, 2.75) is 25.7 Å². The van der Waals surface area contributed by atoms with E-state index in [2.05, 4.69) is 10.1 Å². The van der Waals surface area contributed by atoms with Gasteiger partial charge in [0.15, 0.2) is 6.61 Å². The Morgan fingerprint density at radius 2 is 2.00 bits per heavy atom. The zero-order valence-corrected chi connectivity index (χ0v) is 15.0. The highest BCUT2D eigenvalue weighted by molar-refractivity contribution is 6.05. The van der Waals surface area contributed by atoms with Gasteiger partial charge in [-0.05, 0) is 38.0 Å². The van der Waals surface area contributed by atoms with E-state index >= 15 is 0 Å². The largest absolute Gasteiger partial charge is 0.496 e. The summed E-state index contributed by atoms with van der Waals surface area (Å²) >= 11 is 0. The Labute approximate surface area is 155 Å². The maximum Gasteiger partial charge on any atom is 0.339 e. The highest BCUT2D eigenvalue weighted by atomic mass is 16.5. The molecule has 138 valence electrons. The summed E-state index contributed by atoms with van der Waals surface area (Å²) in [6, 6.07) is 8.54. The maximum atomic E-state index is 12.7. The number of hydrogen-bond acceptors (Lipinski definition) is 7. The number of carbonyl (C=O) groups excluding carboxylic acids is 2. The molecule has 1 aliphatic carbocycles. The predicted octanol–water partition coefficient (Wildman–Crippen LogP) is 3.46. The van der Waals surface area contributed by atoms with Gasteiger partial charge in [0.25, 0.3) is 5.71 Å². The number of pyridine rings is 1. The van der Waals surface area contributed by atoms with E-state index in [1.54, 1.807) is 37.3 Å². The Hall–Kier alpha value is -3.22. The minimum Gasteiger partial charge on any atom is -0.496 e. The number of ketones is 1. The van der Waals surface area contributed by atoms with E-state index in [-0.39, 0.29) is 12.4 Å². The molecule has 0 amide bonds. The molecule has 0 radical (unpaired) electrons. The summed E-state index contributed by atoms with van der Waals surface area (Å²) in [4.78, 5) is 29.6. The number of rotatable bonds is 6. The summed E-state index contributed by atoms with van der Waals surface area (Å²) < 4.78 is 15.7. The smallest absolute Gasteiger partial charge is 0.339 e. The first-order chi connectivity index (χ1) is 13.1. The molecular weight excluding hydrogens is 348 g/mol. The minimum atomic E-state index is -0.598. The number of esters is 1. The van der Waals surface area contributed by atoms with E-state index in [1.807, 2.05) is 0 Å². The quantitative estimate of drug-likeness (QED) is 0.487. The Kier molecular flexibility index (Phi) is 4.35. The number of methoxy groups -OCH3 is 1. The molecule has 3 aromatic rings. The number of para-hydroxylation sites is 1. The summed E-state index contributed by atoms with van der Waals surface area (Å²) in [7, 11) is 1.49. The van der Waals surface area contributed by atoms with Crippen molar-refractivity contribution in [2.75, 3.05) is 13.7 Å². The number of nitrogens with zero attached hydrogens (tertiary/aromatic N) is 2. The molecule has 0 spiro atoms. The van der Waals surface area contributed by atoms with Gasteiger partial charge in [-0.1, -0.05) is 17.3 Å². The van der Waals surface area contributed by atoms with Gasteiger partial charge in [-0.15, -0.1) is 0 Å². The number of fused-ring (bicyclic) bond motifs is 1. The third-order valence-electron chi connectivity index (χ3n) is 4.59. The molecule has 0 aliphatic heterocycles. The van der Waals surface area contributed by atoms with Gasteiger partial charge in [0.05, 0.1) is 29.3 Å². The van der Waals surface area contributed by atoms with Crippen molar-refractivity contribution in [1.29, 1.82) is 0 Å². The van der Waals surface area contributed by atoms with Crippen LogP contribution in [0, 0.1) is 6.92 Å². The van der Waals surface area contributed by atoms with Crippen LogP contribution < -0.4 is 4.74 Å². The first kappa shape index (κ1) is 17.2. The van der Waals surface area contributed by atoms with Crippen LogP contribution in [-0.2, 0) is 4.74 Å². The fourth-order valence-corrected chi connectivity index (χ4v) is 3.02. The minimum absolute atomic E-state index is 0.319. The van der Waals surface area contributed by atoms with Crippen LogP contribution in [0.3, 0.4) is 0 Å². The Bertz CT molecular complexity index is 1040. The van der Waals surface area contributed by atoms with E-state index in [1.165, 1.54) is 7.11 Å².